The Morgan fingerprint density at radius 3 is 2.41 bits per heavy atom. The molecule has 2 aromatic rings. The molecule has 1 aliphatic rings. The van der Waals surface area contributed by atoms with Crippen molar-refractivity contribution < 1.29 is 9.13 Å². The molecule has 3 nitrogen and oxygen atoms in total. The van der Waals surface area contributed by atoms with E-state index in [4.69, 9.17) is 16.3 Å². The summed E-state index contributed by atoms with van der Waals surface area (Å²) in [6.07, 6.45) is -0.680. The van der Waals surface area contributed by atoms with E-state index in [-0.39, 0.29) is 0 Å². The first-order valence-corrected chi connectivity index (χ1v) is 10.0. The van der Waals surface area contributed by atoms with Crippen LogP contribution in [0.15, 0.2) is 36.4 Å². The summed E-state index contributed by atoms with van der Waals surface area (Å²) in [6, 6.07) is 11.8. The van der Waals surface area contributed by atoms with Crippen LogP contribution in [-0.2, 0) is 0 Å². The van der Waals surface area contributed by atoms with E-state index in [2.05, 4.69) is 22.8 Å². The summed E-state index contributed by atoms with van der Waals surface area (Å²) < 4.78 is 20.2. The molecule has 0 aromatic heterocycles. The second-order valence-electron chi connectivity index (χ2n) is 6.89. The standard InChI is InChI=1S/C22H28ClFN2O/c1-4-20(24)19-15-16(26-12-10-25(5-2)11-13-26)14-18(22(19)23)17-8-6-7-9-21(17)27-3/h6-9,14-15,20H,4-5,10-13H2,1-3H3. The molecular weight excluding hydrogens is 363 g/mol. The number of piperazine rings is 1. The van der Waals surface area contributed by atoms with Crippen molar-refractivity contribution in [1.82, 2.24) is 4.90 Å². The Bertz CT molecular complexity index is 775. The van der Waals surface area contributed by atoms with Gasteiger partial charge in [-0.2, -0.15) is 0 Å². The van der Waals surface area contributed by atoms with Crippen LogP contribution in [0, 0.1) is 0 Å². The number of methoxy groups -OCH3 is 1. The third-order valence-corrected chi connectivity index (χ3v) is 5.79. The lowest BCUT2D eigenvalue weighted by atomic mass is 9.97. The number of benzene rings is 2. The van der Waals surface area contributed by atoms with E-state index in [0.717, 1.165) is 55.3 Å². The van der Waals surface area contributed by atoms with Gasteiger partial charge in [0.1, 0.15) is 11.9 Å². The number of ether oxygens (including phenoxy) is 1. The smallest absolute Gasteiger partial charge is 0.126 e. The van der Waals surface area contributed by atoms with E-state index < -0.39 is 6.17 Å². The molecule has 1 unspecified atom stereocenters. The summed E-state index contributed by atoms with van der Waals surface area (Å²) in [5, 5.41) is 0.477. The van der Waals surface area contributed by atoms with Gasteiger partial charge in [0.15, 0.2) is 0 Å². The van der Waals surface area contributed by atoms with Gasteiger partial charge in [0, 0.05) is 48.6 Å². The Balaban J connectivity index is 2.07. The van der Waals surface area contributed by atoms with E-state index in [9.17, 15) is 4.39 Å². The Morgan fingerprint density at radius 1 is 1.07 bits per heavy atom. The molecule has 0 radical (unpaired) electrons. The van der Waals surface area contributed by atoms with E-state index in [0.29, 0.717) is 17.0 Å². The van der Waals surface area contributed by atoms with E-state index >= 15 is 0 Å². The normalized spacial score (nSPS) is 16.4. The molecule has 1 atom stereocenters. The average Bonchev–Trinajstić information content (AvgIpc) is 2.73. The summed E-state index contributed by atoms with van der Waals surface area (Å²) in [4.78, 5) is 4.76. The predicted molar refractivity (Wildman–Crippen MR) is 112 cm³/mol. The number of anilines is 1. The summed E-state index contributed by atoms with van der Waals surface area (Å²) >= 11 is 6.68. The SMILES string of the molecule is CCC(F)c1cc(N2CCN(CC)CC2)cc(-c2ccccc2OC)c1Cl. The van der Waals surface area contributed by atoms with Crippen molar-refractivity contribution in [2.45, 2.75) is 26.4 Å². The number of hydrogen-bond acceptors (Lipinski definition) is 3. The average molecular weight is 391 g/mol. The van der Waals surface area contributed by atoms with Gasteiger partial charge in [-0.15, -0.1) is 0 Å². The summed E-state index contributed by atoms with van der Waals surface area (Å²) in [7, 11) is 1.64. The van der Waals surface area contributed by atoms with Crippen LogP contribution in [0.25, 0.3) is 11.1 Å². The highest BCUT2D eigenvalue weighted by atomic mass is 35.5. The molecule has 27 heavy (non-hydrogen) atoms. The summed E-state index contributed by atoms with van der Waals surface area (Å²) in [5.41, 5.74) is 3.32. The number of likely N-dealkylation sites (N-methyl/N-ethyl adjacent to an activating group) is 1. The van der Waals surface area contributed by atoms with Crippen molar-refractivity contribution >= 4 is 17.3 Å². The fourth-order valence-corrected chi connectivity index (χ4v) is 3.98. The maximum atomic E-state index is 14.7. The minimum absolute atomic E-state index is 0.401. The van der Waals surface area contributed by atoms with Crippen LogP contribution in [0.3, 0.4) is 0 Å². The Labute approximate surface area is 166 Å². The fourth-order valence-electron chi connectivity index (χ4n) is 3.65. The minimum atomic E-state index is -1.08. The quantitative estimate of drug-likeness (QED) is 0.640. The van der Waals surface area contributed by atoms with E-state index in [1.807, 2.05) is 37.3 Å². The van der Waals surface area contributed by atoms with Crippen molar-refractivity contribution in [3.63, 3.8) is 0 Å². The monoisotopic (exact) mass is 390 g/mol. The first-order valence-electron chi connectivity index (χ1n) is 9.67. The van der Waals surface area contributed by atoms with Crippen LogP contribution in [0.4, 0.5) is 10.1 Å². The van der Waals surface area contributed by atoms with Gasteiger partial charge in [0.05, 0.1) is 12.1 Å². The second kappa shape index (κ2) is 8.94. The van der Waals surface area contributed by atoms with Crippen LogP contribution in [0.2, 0.25) is 5.02 Å². The van der Waals surface area contributed by atoms with Gasteiger partial charge < -0.3 is 14.5 Å². The number of nitrogens with zero attached hydrogens (tertiary/aromatic N) is 2. The van der Waals surface area contributed by atoms with Gasteiger partial charge in [-0.1, -0.05) is 43.6 Å². The molecule has 1 heterocycles. The maximum Gasteiger partial charge on any atom is 0.126 e. The molecule has 2 aromatic carbocycles. The molecule has 0 bridgehead atoms. The van der Waals surface area contributed by atoms with Gasteiger partial charge in [0.2, 0.25) is 0 Å². The third kappa shape index (κ3) is 4.22. The van der Waals surface area contributed by atoms with Crippen LogP contribution < -0.4 is 9.64 Å². The molecule has 0 amide bonds. The molecule has 0 spiro atoms. The molecule has 0 aliphatic carbocycles. The van der Waals surface area contributed by atoms with Crippen LogP contribution >= 0.6 is 11.6 Å². The second-order valence-corrected chi connectivity index (χ2v) is 7.27. The maximum absolute atomic E-state index is 14.7. The van der Waals surface area contributed by atoms with Crippen molar-refractivity contribution in [3.8, 4) is 16.9 Å². The van der Waals surface area contributed by atoms with Crippen LogP contribution in [-0.4, -0.2) is 44.7 Å². The fraction of sp³-hybridized carbons (Fsp3) is 0.455. The lowest BCUT2D eigenvalue weighted by Crippen LogP contribution is -2.46. The van der Waals surface area contributed by atoms with Gasteiger partial charge >= 0.3 is 0 Å². The first kappa shape index (κ1) is 20.0. The third-order valence-electron chi connectivity index (χ3n) is 5.36. The van der Waals surface area contributed by atoms with Crippen molar-refractivity contribution in [3.05, 3.63) is 47.0 Å². The van der Waals surface area contributed by atoms with Gasteiger partial charge in [-0.25, -0.2) is 4.39 Å². The molecule has 0 saturated carbocycles. The Kier molecular flexibility index (Phi) is 6.61. The van der Waals surface area contributed by atoms with Gasteiger partial charge in [0.25, 0.3) is 0 Å². The molecule has 5 heteroatoms. The molecule has 0 N–H and O–H groups in total. The molecule has 1 aliphatic heterocycles. The highest BCUT2D eigenvalue weighted by molar-refractivity contribution is 6.34. The van der Waals surface area contributed by atoms with Crippen molar-refractivity contribution in [2.24, 2.45) is 0 Å². The zero-order valence-electron chi connectivity index (χ0n) is 16.3. The number of hydrogen-bond donors (Lipinski definition) is 0. The number of para-hydroxylation sites is 1. The van der Waals surface area contributed by atoms with Gasteiger partial charge in [-0.3, -0.25) is 0 Å². The number of rotatable bonds is 6. The van der Waals surface area contributed by atoms with Crippen molar-refractivity contribution in [1.29, 1.82) is 0 Å². The van der Waals surface area contributed by atoms with Gasteiger partial charge in [-0.05, 0) is 31.2 Å². The molecule has 146 valence electrons. The lowest BCUT2D eigenvalue weighted by molar-refractivity contribution is 0.271. The molecule has 3 rings (SSSR count). The summed E-state index contributed by atoms with van der Waals surface area (Å²) in [6.45, 7) is 9.00. The zero-order valence-corrected chi connectivity index (χ0v) is 17.1. The lowest BCUT2D eigenvalue weighted by Gasteiger charge is -2.36. The number of alkyl halides is 1. The predicted octanol–water partition coefficient (Wildman–Crippen LogP) is 5.58. The van der Waals surface area contributed by atoms with Crippen LogP contribution in [0.5, 0.6) is 5.75 Å². The molecule has 1 saturated heterocycles. The largest absolute Gasteiger partial charge is 0.496 e. The topological polar surface area (TPSA) is 15.7 Å². The Hall–Kier alpha value is -1.78. The molecular formula is C22H28ClFN2O. The summed E-state index contributed by atoms with van der Waals surface area (Å²) in [5.74, 6) is 0.741. The Morgan fingerprint density at radius 2 is 1.78 bits per heavy atom. The minimum Gasteiger partial charge on any atom is -0.496 e. The number of halogens is 2. The van der Waals surface area contributed by atoms with E-state index in [1.165, 1.54) is 0 Å². The van der Waals surface area contributed by atoms with Crippen molar-refractivity contribution in [2.75, 3.05) is 44.7 Å². The first-order chi connectivity index (χ1) is 13.1. The van der Waals surface area contributed by atoms with Crippen LogP contribution in [0.1, 0.15) is 32.0 Å². The van der Waals surface area contributed by atoms with E-state index in [1.54, 1.807) is 7.11 Å². The highest BCUT2D eigenvalue weighted by Gasteiger charge is 2.23. The highest BCUT2D eigenvalue weighted by Crippen LogP contribution is 2.42. The zero-order chi connectivity index (χ0) is 19.4. The molecule has 1 fully saturated rings.